The molecule has 1 saturated heterocycles. The number of nitrogens with one attached hydrogen (secondary N) is 1. The van der Waals surface area contributed by atoms with Gasteiger partial charge in [-0.1, -0.05) is 30.3 Å². The van der Waals surface area contributed by atoms with Gasteiger partial charge in [-0.15, -0.1) is 0 Å². The number of amides is 1. The van der Waals surface area contributed by atoms with Gasteiger partial charge in [-0.25, -0.2) is 4.79 Å². The molecule has 2 rings (SSSR count). The third-order valence-electron chi connectivity index (χ3n) is 4.32. The summed E-state index contributed by atoms with van der Waals surface area (Å²) in [6.45, 7) is 11.7. The molecule has 1 amide bonds. The molecule has 25 heavy (non-hydrogen) atoms. The van der Waals surface area contributed by atoms with Crippen molar-refractivity contribution in [3.63, 3.8) is 0 Å². The molecular weight excluding hydrogens is 316 g/mol. The van der Waals surface area contributed by atoms with Gasteiger partial charge in [-0.05, 0) is 46.6 Å². The second-order valence-electron chi connectivity index (χ2n) is 7.84. The summed E-state index contributed by atoms with van der Waals surface area (Å²) in [5.74, 6) is 0. The van der Waals surface area contributed by atoms with E-state index in [0.717, 1.165) is 6.42 Å². The largest absolute Gasteiger partial charge is 0.444 e. The molecule has 3 atom stereocenters. The topological polar surface area (TPSA) is 50.8 Å². The number of hydrogen-bond acceptors (Lipinski definition) is 4. The van der Waals surface area contributed by atoms with Crippen LogP contribution in [-0.2, 0) is 9.47 Å². The lowest BCUT2D eigenvalue weighted by molar-refractivity contribution is -0.0357. The summed E-state index contributed by atoms with van der Waals surface area (Å²) in [5, 5.41) is 3.62. The SMILES string of the molecule is CC(CC1COCCN1C(=O)OC(C)(C)C)NC(C)c1ccccc1. The molecular formula is C20H32N2O3. The van der Waals surface area contributed by atoms with Gasteiger partial charge in [0.05, 0.1) is 19.3 Å². The lowest BCUT2D eigenvalue weighted by Crippen LogP contribution is -2.52. The zero-order valence-corrected chi connectivity index (χ0v) is 16.1. The van der Waals surface area contributed by atoms with Crippen molar-refractivity contribution in [2.75, 3.05) is 19.8 Å². The summed E-state index contributed by atoms with van der Waals surface area (Å²) in [5.41, 5.74) is 0.782. The van der Waals surface area contributed by atoms with Crippen LogP contribution in [0, 0.1) is 0 Å². The monoisotopic (exact) mass is 348 g/mol. The van der Waals surface area contributed by atoms with Crippen LogP contribution in [0.5, 0.6) is 0 Å². The minimum atomic E-state index is -0.481. The predicted octanol–water partition coefficient (Wildman–Crippen LogP) is 3.75. The van der Waals surface area contributed by atoms with Crippen LogP contribution in [0.4, 0.5) is 4.79 Å². The Morgan fingerprint density at radius 3 is 2.64 bits per heavy atom. The van der Waals surface area contributed by atoms with Crippen molar-refractivity contribution in [2.45, 2.75) is 64.8 Å². The van der Waals surface area contributed by atoms with E-state index in [4.69, 9.17) is 9.47 Å². The fourth-order valence-corrected chi connectivity index (χ4v) is 3.15. The number of hydrogen-bond donors (Lipinski definition) is 1. The quantitative estimate of drug-likeness (QED) is 0.880. The first-order chi connectivity index (χ1) is 11.8. The molecule has 0 aromatic heterocycles. The van der Waals surface area contributed by atoms with Gasteiger partial charge in [0.2, 0.25) is 0 Å². The molecule has 1 N–H and O–H groups in total. The summed E-state index contributed by atoms with van der Waals surface area (Å²) in [6, 6.07) is 10.9. The zero-order valence-electron chi connectivity index (χ0n) is 16.1. The Balaban J connectivity index is 1.92. The van der Waals surface area contributed by atoms with Gasteiger partial charge >= 0.3 is 6.09 Å². The van der Waals surface area contributed by atoms with Crippen LogP contribution in [0.1, 0.15) is 52.6 Å². The maximum atomic E-state index is 12.5. The van der Waals surface area contributed by atoms with E-state index in [-0.39, 0.29) is 24.2 Å². The van der Waals surface area contributed by atoms with Crippen LogP contribution >= 0.6 is 0 Å². The minimum Gasteiger partial charge on any atom is -0.444 e. The van der Waals surface area contributed by atoms with Gasteiger partial charge in [-0.3, -0.25) is 0 Å². The summed E-state index contributed by atoms with van der Waals surface area (Å²) in [4.78, 5) is 14.3. The molecule has 1 fully saturated rings. The fourth-order valence-electron chi connectivity index (χ4n) is 3.15. The Labute approximate surface area is 151 Å². The first kappa shape index (κ1) is 19.7. The highest BCUT2D eigenvalue weighted by molar-refractivity contribution is 5.68. The van der Waals surface area contributed by atoms with E-state index >= 15 is 0 Å². The summed E-state index contributed by atoms with van der Waals surface area (Å²) in [6.07, 6.45) is 0.584. The molecule has 0 aliphatic carbocycles. The highest BCUT2D eigenvalue weighted by Gasteiger charge is 2.32. The molecule has 5 nitrogen and oxygen atoms in total. The molecule has 3 unspecified atom stereocenters. The van der Waals surface area contributed by atoms with E-state index in [1.54, 1.807) is 0 Å². The molecule has 0 radical (unpaired) electrons. The first-order valence-corrected chi connectivity index (χ1v) is 9.14. The number of ether oxygens (including phenoxy) is 2. The Morgan fingerprint density at radius 1 is 1.32 bits per heavy atom. The maximum Gasteiger partial charge on any atom is 0.410 e. The van der Waals surface area contributed by atoms with E-state index in [1.807, 2.05) is 31.7 Å². The van der Waals surface area contributed by atoms with Gasteiger partial charge in [0.1, 0.15) is 5.60 Å². The van der Waals surface area contributed by atoms with Crippen LogP contribution < -0.4 is 5.32 Å². The normalized spacial score (nSPS) is 20.8. The third kappa shape index (κ3) is 6.33. The summed E-state index contributed by atoms with van der Waals surface area (Å²) in [7, 11) is 0. The van der Waals surface area contributed by atoms with Crippen LogP contribution in [0.3, 0.4) is 0 Å². The smallest absolute Gasteiger partial charge is 0.410 e. The van der Waals surface area contributed by atoms with Crippen molar-refractivity contribution in [3.05, 3.63) is 35.9 Å². The Kier molecular flexibility index (Phi) is 6.85. The number of carbonyl (C=O) groups excluding carboxylic acids is 1. The maximum absolute atomic E-state index is 12.5. The van der Waals surface area contributed by atoms with Crippen molar-refractivity contribution >= 4 is 6.09 Å². The average Bonchev–Trinajstić information content (AvgIpc) is 2.54. The molecule has 0 saturated carbocycles. The fraction of sp³-hybridized carbons (Fsp3) is 0.650. The summed E-state index contributed by atoms with van der Waals surface area (Å²) >= 11 is 0. The van der Waals surface area contributed by atoms with Crippen LogP contribution in [0.15, 0.2) is 30.3 Å². The van der Waals surface area contributed by atoms with Gasteiger partial charge < -0.3 is 19.7 Å². The molecule has 1 aliphatic rings. The van der Waals surface area contributed by atoms with Gasteiger partial charge in [0, 0.05) is 18.6 Å². The highest BCUT2D eigenvalue weighted by atomic mass is 16.6. The number of carbonyl (C=O) groups is 1. The van der Waals surface area contributed by atoms with E-state index in [1.165, 1.54) is 5.56 Å². The molecule has 1 aromatic carbocycles. The van der Waals surface area contributed by atoms with Crippen molar-refractivity contribution in [3.8, 4) is 0 Å². The Hall–Kier alpha value is -1.59. The van der Waals surface area contributed by atoms with Gasteiger partial charge in [-0.2, -0.15) is 0 Å². The minimum absolute atomic E-state index is 0.0362. The van der Waals surface area contributed by atoms with Gasteiger partial charge in [0.15, 0.2) is 0 Å². The molecule has 5 heteroatoms. The molecule has 1 aliphatic heterocycles. The second kappa shape index (κ2) is 8.68. The van der Waals surface area contributed by atoms with Crippen molar-refractivity contribution < 1.29 is 14.3 Å². The number of morpholine rings is 1. The standard InChI is InChI=1S/C20H32N2O3/c1-15(21-16(2)17-9-7-6-8-10-17)13-18-14-24-12-11-22(18)19(23)25-20(3,4)5/h6-10,15-16,18,21H,11-14H2,1-5H3. The Bertz CT molecular complexity index is 542. The van der Waals surface area contributed by atoms with Crippen molar-refractivity contribution in [2.24, 2.45) is 0 Å². The predicted molar refractivity (Wildman–Crippen MR) is 99.6 cm³/mol. The molecule has 1 aromatic rings. The lowest BCUT2D eigenvalue weighted by Gasteiger charge is -2.38. The third-order valence-corrected chi connectivity index (χ3v) is 4.32. The molecule has 1 heterocycles. The Morgan fingerprint density at radius 2 is 2.00 bits per heavy atom. The lowest BCUT2D eigenvalue weighted by atomic mass is 10.0. The second-order valence-corrected chi connectivity index (χ2v) is 7.84. The average molecular weight is 348 g/mol. The molecule has 0 bridgehead atoms. The van der Waals surface area contributed by atoms with Crippen LogP contribution in [0.2, 0.25) is 0 Å². The van der Waals surface area contributed by atoms with Crippen molar-refractivity contribution in [1.29, 1.82) is 0 Å². The summed E-state index contributed by atoms with van der Waals surface area (Å²) < 4.78 is 11.2. The number of benzene rings is 1. The number of rotatable bonds is 5. The van der Waals surface area contributed by atoms with Gasteiger partial charge in [0.25, 0.3) is 0 Å². The van der Waals surface area contributed by atoms with Crippen LogP contribution in [0.25, 0.3) is 0 Å². The van der Waals surface area contributed by atoms with E-state index in [2.05, 4.69) is 43.4 Å². The number of nitrogens with zero attached hydrogens (tertiary/aromatic N) is 1. The van der Waals surface area contributed by atoms with E-state index < -0.39 is 5.60 Å². The molecule has 0 spiro atoms. The van der Waals surface area contributed by atoms with E-state index in [0.29, 0.717) is 19.8 Å². The van der Waals surface area contributed by atoms with E-state index in [9.17, 15) is 4.79 Å². The highest BCUT2D eigenvalue weighted by Crippen LogP contribution is 2.19. The van der Waals surface area contributed by atoms with Crippen LogP contribution in [-0.4, -0.2) is 48.4 Å². The van der Waals surface area contributed by atoms with Crippen molar-refractivity contribution in [1.82, 2.24) is 10.2 Å². The zero-order chi connectivity index (χ0) is 18.4. The first-order valence-electron chi connectivity index (χ1n) is 9.14. The molecule has 140 valence electrons.